The first-order valence-electron chi connectivity index (χ1n) is 10.4. The molecule has 4 heterocycles. The van der Waals surface area contributed by atoms with Gasteiger partial charge in [0.05, 0.1) is 29.8 Å². The molecule has 0 radical (unpaired) electrons. The van der Waals surface area contributed by atoms with Gasteiger partial charge < -0.3 is 18.9 Å². The number of ether oxygens (including phenoxy) is 1. The number of rotatable bonds is 7. The molecular formula is C24H18Cl2N4O4. The second-order valence-corrected chi connectivity index (χ2v) is 8.23. The minimum atomic E-state index is -0.368. The Bertz CT molecular complexity index is 1320. The van der Waals surface area contributed by atoms with Crippen LogP contribution in [0.25, 0.3) is 0 Å². The summed E-state index contributed by atoms with van der Waals surface area (Å²) in [7, 11) is 0. The van der Waals surface area contributed by atoms with Gasteiger partial charge in [-0.1, -0.05) is 35.3 Å². The molecule has 172 valence electrons. The third kappa shape index (κ3) is 4.64. The van der Waals surface area contributed by atoms with Crippen molar-refractivity contribution < 1.29 is 18.4 Å². The highest BCUT2D eigenvalue weighted by molar-refractivity contribution is 6.35. The maximum absolute atomic E-state index is 13.2. The van der Waals surface area contributed by atoms with Gasteiger partial charge in [0.1, 0.15) is 28.3 Å². The van der Waals surface area contributed by atoms with Gasteiger partial charge in [0, 0.05) is 12.6 Å². The van der Waals surface area contributed by atoms with Gasteiger partial charge >= 0.3 is 0 Å². The van der Waals surface area contributed by atoms with E-state index in [4.69, 9.17) is 36.8 Å². The number of nitrogens with zero attached hydrogens (tertiary/aromatic N) is 3. The van der Waals surface area contributed by atoms with Crippen molar-refractivity contribution >= 4 is 40.5 Å². The van der Waals surface area contributed by atoms with Gasteiger partial charge in [0.15, 0.2) is 5.75 Å². The number of aromatic nitrogens is 1. The van der Waals surface area contributed by atoms with Gasteiger partial charge in [-0.2, -0.15) is 5.10 Å². The van der Waals surface area contributed by atoms with Crippen molar-refractivity contribution in [2.24, 2.45) is 5.10 Å². The molecule has 1 amide bonds. The number of amides is 1. The summed E-state index contributed by atoms with van der Waals surface area (Å²) in [5, 5.41) is 9.74. The Morgan fingerprint density at radius 1 is 1.12 bits per heavy atom. The van der Waals surface area contributed by atoms with E-state index in [0.29, 0.717) is 40.1 Å². The summed E-state index contributed by atoms with van der Waals surface area (Å²) in [5.41, 5.74) is 1.26. The molecule has 8 nitrogen and oxygen atoms in total. The molecule has 1 unspecified atom stereocenters. The van der Waals surface area contributed by atoms with Crippen molar-refractivity contribution in [2.45, 2.75) is 12.5 Å². The maximum Gasteiger partial charge on any atom is 0.262 e. The zero-order valence-corrected chi connectivity index (χ0v) is 19.2. The number of hydrogen-bond donors (Lipinski definition) is 1. The summed E-state index contributed by atoms with van der Waals surface area (Å²) in [4.78, 5) is 17.3. The van der Waals surface area contributed by atoms with E-state index >= 15 is 0 Å². The number of pyridine rings is 1. The number of hydrogen-bond acceptors (Lipinski definition) is 7. The molecule has 4 aromatic rings. The highest BCUT2D eigenvalue weighted by Gasteiger charge is 2.35. The molecule has 1 atom stereocenters. The van der Waals surface area contributed by atoms with Crippen LogP contribution in [0.2, 0.25) is 10.0 Å². The van der Waals surface area contributed by atoms with Crippen LogP contribution in [-0.4, -0.2) is 28.2 Å². The molecule has 0 saturated carbocycles. The number of anilines is 1. The molecule has 1 aromatic carbocycles. The molecule has 34 heavy (non-hydrogen) atoms. The van der Waals surface area contributed by atoms with Crippen LogP contribution in [0.4, 0.5) is 5.69 Å². The minimum Gasteiger partial charge on any atom is -0.467 e. The summed E-state index contributed by atoms with van der Waals surface area (Å²) in [6.45, 7) is -0.0334. The molecule has 10 heteroatoms. The quantitative estimate of drug-likeness (QED) is 0.329. The third-order valence-electron chi connectivity index (χ3n) is 5.14. The zero-order chi connectivity index (χ0) is 23.5. The van der Waals surface area contributed by atoms with Crippen LogP contribution in [0.3, 0.4) is 0 Å². The van der Waals surface area contributed by atoms with Crippen LogP contribution in [0.15, 0.2) is 87.3 Å². The molecule has 5 rings (SSSR count). The first kappa shape index (κ1) is 22.1. The molecule has 0 saturated heterocycles. The number of nitrogens with one attached hydrogen (secondary N) is 1. The van der Waals surface area contributed by atoms with E-state index in [2.05, 4.69) is 15.4 Å². The van der Waals surface area contributed by atoms with Gasteiger partial charge in [-0.25, -0.2) is 9.99 Å². The van der Waals surface area contributed by atoms with E-state index in [1.165, 1.54) is 11.2 Å². The highest BCUT2D eigenvalue weighted by Crippen LogP contribution is 2.35. The number of hydrazone groups is 1. The molecule has 0 fully saturated rings. The van der Waals surface area contributed by atoms with Crippen LogP contribution >= 0.6 is 23.2 Å². The molecule has 1 aliphatic heterocycles. The Labute approximate surface area is 204 Å². The topological polar surface area (TPSA) is 93.1 Å². The smallest absolute Gasteiger partial charge is 0.262 e. The lowest BCUT2D eigenvalue weighted by Crippen LogP contribution is -2.32. The largest absolute Gasteiger partial charge is 0.467 e. The molecule has 0 bridgehead atoms. The van der Waals surface area contributed by atoms with E-state index in [1.807, 2.05) is 18.2 Å². The summed E-state index contributed by atoms with van der Waals surface area (Å²) in [6, 6.07) is 15.5. The Morgan fingerprint density at radius 3 is 2.71 bits per heavy atom. The predicted molar refractivity (Wildman–Crippen MR) is 127 cm³/mol. The Hall–Kier alpha value is -3.75. The fourth-order valence-electron chi connectivity index (χ4n) is 3.57. The summed E-state index contributed by atoms with van der Waals surface area (Å²) < 4.78 is 16.9. The molecule has 1 aliphatic rings. The molecule has 0 aliphatic carbocycles. The Kier molecular flexibility index (Phi) is 6.24. The van der Waals surface area contributed by atoms with Crippen molar-refractivity contribution in [3.63, 3.8) is 0 Å². The number of furan rings is 2. The summed E-state index contributed by atoms with van der Waals surface area (Å²) in [5.74, 6) is 1.67. The van der Waals surface area contributed by atoms with Gasteiger partial charge in [0.25, 0.3) is 5.91 Å². The molecular weight excluding hydrogens is 479 g/mol. The van der Waals surface area contributed by atoms with Crippen LogP contribution < -0.4 is 10.1 Å². The van der Waals surface area contributed by atoms with Gasteiger partial charge in [0.2, 0.25) is 5.88 Å². The van der Waals surface area contributed by atoms with Crippen molar-refractivity contribution in [1.82, 2.24) is 9.99 Å². The fraction of sp³-hybridized carbons (Fsp3) is 0.125. The first-order chi connectivity index (χ1) is 16.6. The van der Waals surface area contributed by atoms with Crippen molar-refractivity contribution in [2.75, 3.05) is 11.9 Å². The predicted octanol–water partition coefficient (Wildman–Crippen LogP) is 6.16. The lowest BCUT2D eigenvalue weighted by atomic mass is 10.1. The highest BCUT2D eigenvalue weighted by atomic mass is 35.5. The number of benzene rings is 1. The fourth-order valence-corrected chi connectivity index (χ4v) is 3.99. The normalized spacial score (nSPS) is 15.3. The lowest BCUT2D eigenvalue weighted by molar-refractivity contribution is -0.131. The van der Waals surface area contributed by atoms with Crippen molar-refractivity contribution in [3.8, 4) is 11.6 Å². The summed E-state index contributed by atoms with van der Waals surface area (Å²) in [6.07, 6.45) is 5.07. The van der Waals surface area contributed by atoms with Crippen LogP contribution in [0, 0.1) is 0 Å². The monoisotopic (exact) mass is 496 g/mol. The third-order valence-corrected chi connectivity index (χ3v) is 5.62. The second kappa shape index (κ2) is 9.62. The van der Waals surface area contributed by atoms with E-state index in [9.17, 15) is 4.79 Å². The Balaban J connectivity index is 1.33. The van der Waals surface area contributed by atoms with Gasteiger partial charge in [-0.3, -0.25) is 4.79 Å². The van der Waals surface area contributed by atoms with E-state index in [-0.39, 0.29) is 29.4 Å². The van der Waals surface area contributed by atoms with E-state index < -0.39 is 0 Å². The van der Waals surface area contributed by atoms with Crippen LogP contribution in [-0.2, 0) is 4.79 Å². The standard InChI is InChI=1S/C24H18Cl2N4O4/c25-15-11-16(26)24(28-13-15)34-21-6-2-1-5-17(21)27-14-23(31)30-19(22-8-4-10-33-22)12-18(29-30)20-7-3-9-32-20/h1-11,13,19,27H,12,14H2. The average molecular weight is 497 g/mol. The van der Waals surface area contributed by atoms with Crippen molar-refractivity contribution in [1.29, 1.82) is 0 Å². The average Bonchev–Trinajstić information content (AvgIpc) is 3.61. The number of halogens is 2. The van der Waals surface area contributed by atoms with E-state index in [1.54, 1.807) is 48.9 Å². The van der Waals surface area contributed by atoms with Gasteiger partial charge in [-0.05, 0) is 42.5 Å². The number of carbonyl (C=O) groups excluding carboxylic acids is 1. The minimum absolute atomic E-state index is 0.0334. The number of carbonyl (C=O) groups is 1. The first-order valence-corrected chi connectivity index (χ1v) is 11.1. The Morgan fingerprint density at radius 2 is 1.94 bits per heavy atom. The molecule has 3 aromatic heterocycles. The number of para-hydroxylation sites is 2. The van der Waals surface area contributed by atoms with Gasteiger partial charge in [-0.15, -0.1) is 0 Å². The molecule has 0 spiro atoms. The van der Waals surface area contributed by atoms with Crippen LogP contribution in [0.1, 0.15) is 24.0 Å². The molecule has 1 N–H and O–H groups in total. The van der Waals surface area contributed by atoms with Crippen LogP contribution in [0.5, 0.6) is 11.6 Å². The zero-order valence-electron chi connectivity index (χ0n) is 17.7. The van der Waals surface area contributed by atoms with Crippen molar-refractivity contribution in [3.05, 3.63) is 94.9 Å². The second-order valence-electron chi connectivity index (χ2n) is 7.39. The SMILES string of the molecule is O=C(CNc1ccccc1Oc1ncc(Cl)cc1Cl)N1N=C(c2ccco2)CC1c1ccco1. The lowest BCUT2D eigenvalue weighted by Gasteiger charge is -2.20. The maximum atomic E-state index is 13.2. The van der Waals surface area contributed by atoms with E-state index in [0.717, 1.165) is 0 Å². The summed E-state index contributed by atoms with van der Waals surface area (Å²) >= 11 is 12.1.